The molecule has 2 aromatic rings. The summed E-state index contributed by atoms with van der Waals surface area (Å²) >= 11 is 0.497. The molecule has 2 N–H and O–H groups in total. The summed E-state index contributed by atoms with van der Waals surface area (Å²) in [6.45, 7) is 1.06. The Kier molecular flexibility index (Phi) is 8.92. The van der Waals surface area contributed by atoms with Gasteiger partial charge in [0.15, 0.2) is 0 Å². The number of alkyl halides is 6. The number of hydrogen-bond donors (Lipinski definition) is 2. The number of rotatable bonds is 8. The largest absolute Gasteiger partial charge is 0.418 e. The van der Waals surface area contributed by atoms with Crippen LogP contribution in [0.3, 0.4) is 0 Å². The van der Waals surface area contributed by atoms with Crippen LogP contribution >= 0.6 is 11.8 Å². The van der Waals surface area contributed by atoms with Crippen molar-refractivity contribution in [2.24, 2.45) is 0 Å². The first kappa shape index (κ1) is 29.0. The van der Waals surface area contributed by atoms with Gasteiger partial charge in [-0.25, -0.2) is 0 Å². The van der Waals surface area contributed by atoms with E-state index in [0.29, 0.717) is 23.5 Å². The zero-order valence-electron chi connectivity index (χ0n) is 20.5. The fraction of sp³-hybridized carbons (Fsp3) is 0.385. The Morgan fingerprint density at radius 1 is 1.00 bits per heavy atom. The van der Waals surface area contributed by atoms with Crippen molar-refractivity contribution < 1.29 is 40.7 Å². The van der Waals surface area contributed by atoms with Crippen molar-refractivity contribution >= 4 is 35.3 Å². The highest BCUT2D eigenvalue weighted by molar-refractivity contribution is 7.99. The van der Waals surface area contributed by atoms with Gasteiger partial charge in [-0.2, -0.15) is 26.3 Å². The van der Waals surface area contributed by atoms with Gasteiger partial charge in [0.05, 0.1) is 30.9 Å². The maximum Gasteiger partial charge on any atom is 0.418 e. The molecule has 0 aromatic heterocycles. The maximum atomic E-state index is 14.1. The van der Waals surface area contributed by atoms with Crippen molar-refractivity contribution in [1.82, 2.24) is 10.2 Å². The molecule has 2 aliphatic rings. The van der Waals surface area contributed by atoms with Crippen molar-refractivity contribution in [2.45, 2.75) is 41.0 Å². The molecule has 1 saturated carbocycles. The monoisotopic (exact) mass is 573 g/mol. The smallest absolute Gasteiger partial charge is 0.378 e. The number of nitrogens with zero attached hydrogens (tertiary/aromatic N) is 1. The van der Waals surface area contributed by atoms with E-state index in [1.54, 1.807) is 0 Å². The van der Waals surface area contributed by atoms with Crippen LogP contribution in [0, 0.1) is 0 Å². The number of nitrogens with one attached hydrogen (secondary N) is 2. The number of halogens is 6. The molecule has 2 fully saturated rings. The van der Waals surface area contributed by atoms with Crippen molar-refractivity contribution in [2.75, 3.05) is 38.2 Å². The second-order valence-electron chi connectivity index (χ2n) is 9.00. The quantitative estimate of drug-likeness (QED) is 0.325. The van der Waals surface area contributed by atoms with E-state index in [-0.39, 0.29) is 43.7 Å². The number of ether oxygens (including phenoxy) is 1. The first-order chi connectivity index (χ1) is 18.4. The van der Waals surface area contributed by atoms with Crippen LogP contribution in [0.1, 0.15) is 29.5 Å². The second-order valence-corrected chi connectivity index (χ2v) is 10.1. The van der Waals surface area contributed by atoms with E-state index in [1.807, 2.05) is 0 Å². The van der Waals surface area contributed by atoms with Gasteiger partial charge in [0.2, 0.25) is 11.8 Å². The van der Waals surface area contributed by atoms with Crippen molar-refractivity contribution in [3.8, 4) is 0 Å². The van der Waals surface area contributed by atoms with E-state index in [2.05, 4.69) is 10.6 Å². The summed E-state index contributed by atoms with van der Waals surface area (Å²) in [5.41, 5.74) is -4.19. The average Bonchev–Trinajstić information content (AvgIpc) is 3.70. The van der Waals surface area contributed by atoms with Crippen LogP contribution in [0.2, 0.25) is 0 Å². The zero-order chi connectivity index (χ0) is 28.2. The van der Waals surface area contributed by atoms with Crippen LogP contribution in [0.25, 0.3) is 6.08 Å². The maximum absolute atomic E-state index is 14.1. The molecule has 0 bridgehead atoms. The van der Waals surface area contributed by atoms with Crippen LogP contribution in [0.5, 0.6) is 0 Å². The van der Waals surface area contributed by atoms with E-state index >= 15 is 0 Å². The molecule has 4 rings (SSSR count). The highest BCUT2D eigenvalue weighted by Crippen LogP contribution is 2.48. The van der Waals surface area contributed by atoms with Crippen LogP contribution in [0.15, 0.2) is 52.3 Å². The Balaban J connectivity index is 1.62. The molecule has 210 valence electrons. The average molecular weight is 574 g/mol. The van der Waals surface area contributed by atoms with Gasteiger partial charge in [-0.05, 0) is 48.7 Å². The molecule has 13 heteroatoms. The van der Waals surface area contributed by atoms with Gasteiger partial charge in [0.1, 0.15) is 0 Å². The van der Waals surface area contributed by atoms with E-state index < -0.39 is 39.8 Å². The van der Waals surface area contributed by atoms with Gasteiger partial charge in [0, 0.05) is 40.7 Å². The molecule has 2 aromatic carbocycles. The molecular weight excluding hydrogens is 548 g/mol. The van der Waals surface area contributed by atoms with Crippen LogP contribution in [-0.4, -0.2) is 55.6 Å². The Morgan fingerprint density at radius 2 is 1.69 bits per heavy atom. The molecule has 0 atom stereocenters. The molecule has 1 aliphatic carbocycles. The molecule has 2 amide bonds. The summed E-state index contributed by atoms with van der Waals surface area (Å²) in [6, 6.07) is 8.01. The Labute approximate surface area is 224 Å². The van der Waals surface area contributed by atoms with Gasteiger partial charge >= 0.3 is 12.4 Å². The zero-order valence-corrected chi connectivity index (χ0v) is 21.3. The van der Waals surface area contributed by atoms with Gasteiger partial charge < -0.3 is 20.3 Å². The lowest BCUT2D eigenvalue weighted by Gasteiger charge is -2.25. The summed E-state index contributed by atoms with van der Waals surface area (Å²) < 4.78 is 89.7. The molecule has 1 aliphatic heterocycles. The Hall–Kier alpha value is -3.03. The normalized spacial score (nSPS) is 16.5. The minimum atomic E-state index is -5.35. The summed E-state index contributed by atoms with van der Waals surface area (Å²) in [5, 5.41) is 5.66. The molecule has 39 heavy (non-hydrogen) atoms. The van der Waals surface area contributed by atoms with Gasteiger partial charge in [0.25, 0.3) is 0 Å². The van der Waals surface area contributed by atoms with E-state index in [0.717, 1.165) is 37.1 Å². The van der Waals surface area contributed by atoms with Crippen molar-refractivity contribution in [3.63, 3.8) is 0 Å². The number of carbonyl (C=O) groups is 2. The first-order valence-corrected chi connectivity index (χ1v) is 12.9. The minimum Gasteiger partial charge on any atom is -0.378 e. The lowest BCUT2D eigenvalue weighted by Crippen LogP contribution is -2.39. The SMILES string of the molecule is O=C(CNC1CC1)Nc1cccc(Sc2ccc(C=CC(=O)N3CCOCC3)c(C(F)(F)F)c2C(F)(F)F)c1. The molecule has 6 nitrogen and oxygen atoms in total. The van der Waals surface area contributed by atoms with E-state index in [9.17, 15) is 35.9 Å². The molecule has 0 radical (unpaired) electrons. The predicted molar refractivity (Wildman–Crippen MR) is 133 cm³/mol. The fourth-order valence-corrected chi connectivity index (χ4v) is 5.00. The van der Waals surface area contributed by atoms with Crippen molar-refractivity contribution in [1.29, 1.82) is 0 Å². The number of carbonyl (C=O) groups excluding carboxylic acids is 2. The number of morpholine rings is 1. The number of anilines is 1. The van der Waals surface area contributed by atoms with Gasteiger partial charge in [-0.15, -0.1) is 0 Å². The second kappa shape index (κ2) is 12.0. The topological polar surface area (TPSA) is 70.7 Å². The van der Waals surface area contributed by atoms with Gasteiger partial charge in [-0.3, -0.25) is 9.59 Å². The number of amides is 2. The summed E-state index contributed by atoms with van der Waals surface area (Å²) in [5.74, 6) is -0.966. The van der Waals surface area contributed by atoms with Crippen molar-refractivity contribution in [3.05, 3.63) is 59.2 Å². The fourth-order valence-electron chi connectivity index (χ4n) is 3.95. The third-order valence-corrected chi connectivity index (χ3v) is 7.02. The third-order valence-electron chi connectivity index (χ3n) is 5.97. The molecular formula is C26H25F6N3O3S. The van der Waals surface area contributed by atoms with Gasteiger partial charge in [-0.1, -0.05) is 23.9 Å². The highest BCUT2D eigenvalue weighted by atomic mass is 32.2. The minimum absolute atomic E-state index is 0.0677. The summed E-state index contributed by atoms with van der Waals surface area (Å²) in [7, 11) is 0. The summed E-state index contributed by atoms with van der Waals surface area (Å²) in [4.78, 5) is 25.3. The van der Waals surface area contributed by atoms with Crippen LogP contribution in [0.4, 0.5) is 32.0 Å². The Morgan fingerprint density at radius 3 is 2.33 bits per heavy atom. The third kappa shape index (κ3) is 7.99. The number of hydrogen-bond acceptors (Lipinski definition) is 5. The number of benzene rings is 2. The Bertz CT molecular complexity index is 1240. The highest BCUT2D eigenvalue weighted by Gasteiger charge is 2.46. The molecule has 1 saturated heterocycles. The van der Waals surface area contributed by atoms with E-state index in [1.165, 1.54) is 29.2 Å². The molecule has 0 spiro atoms. The molecule has 1 heterocycles. The van der Waals surface area contributed by atoms with E-state index in [4.69, 9.17) is 4.74 Å². The lowest BCUT2D eigenvalue weighted by molar-refractivity contribution is -0.163. The summed E-state index contributed by atoms with van der Waals surface area (Å²) in [6.07, 6.45) is -7.12. The first-order valence-electron chi connectivity index (χ1n) is 12.1. The predicted octanol–water partition coefficient (Wildman–Crippen LogP) is 5.44. The van der Waals surface area contributed by atoms with Crippen LogP contribution < -0.4 is 10.6 Å². The lowest BCUT2D eigenvalue weighted by atomic mass is 9.99. The molecule has 0 unspecified atom stereocenters. The van der Waals surface area contributed by atoms with Crippen LogP contribution in [-0.2, 0) is 26.7 Å². The standard InChI is InChI=1S/C26H25F6N3O3S/c27-25(28,29)23-16(5-9-22(37)35-10-12-38-13-11-35)4-8-20(24(23)26(30,31)32)39-19-3-1-2-18(14-19)34-21(36)15-33-17-6-7-17/h1-5,8-9,14,17,33H,6-7,10-13,15H2,(H,34,36).